The predicted octanol–water partition coefficient (Wildman–Crippen LogP) is 6.51. The van der Waals surface area contributed by atoms with E-state index < -0.39 is 15.0 Å². The minimum Gasteiger partial charge on any atom is -0.494 e. The van der Waals surface area contributed by atoms with Crippen molar-refractivity contribution < 1.29 is 32.6 Å². The number of benzene rings is 4. The average Bonchev–Trinajstić information content (AvgIpc) is 2.89. The van der Waals surface area contributed by atoms with Gasteiger partial charge in [0, 0.05) is 17.8 Å². The third kappa shape index (κ3) is 6.10. The molecule has 0 radical (unpaired) electrons. The molecule has 196 valence electrons. The molecule has 0 aromatic heterocycles. The molecule has 0 fully saturated rings. The van der Waals surface area contributed by atoms with Gasteiger partial charge in [-0.3, -0.25) is 9.81 Å². The molecular formula is C25H23N5O7S. The van der Waals surface area contributed by atoms with Crippen LogP contribution in [0.15, 0.2) is 92.1 Å². The monoisotopic (exact) mass is 537 g/mol. The summed E-state index contributed by atoms with van der Waals surface area (Å²) in [5, 5.41) is 26.5. The second kappa shape index (κ2) is 11.3. The highest BCUT2D eigenvalue weighted by Gasteiger charge is 2.18. The van der Waals surface area contributed by atoms with Gasteiger partial charge in [0.2, 0.25) is 0 Å². The van der Waals surface area contributed by atoms with E-state index >= 15 is 0 Å². The highest BCUT2D eigenvalue weighted by molar-refractivity contribution is 7.86. The molecule has 0 atom stereocenters. The molecule has 0 aliphatic carbocycles. The Labute approximate surface area is 217 Å². The number of methoxy groups -OCH3 is 2. The van der Waals surface area contributed by atoms with Crippen LogP contribution in [-0.2, 0) is 21.6 Å². The summed E-state index contributed by atoms with van der Waals surface area (Å²) in [5.41, 5.74) is 7.97. The molecular weight excluding hydrogens is 514 g/mol. The maximum Gasteiger partial charge on any atom is 0.296 e. The Morgan fingerprint density at radius 1 is 0.789 bits per heavy atom. The standard InChI is InChI=1S/C25H23N5O7S/c1-35-23-13-21(24(36-2)12-20(23)28-27-19-5-3-4-15(8-19)14-37-31)29-30-22-10-17-9-18(26)7-6-16(17)11-25(22)38(32,33)34/h3-13,31H,14,26H2,1-2H3,(H,32,33,34). The summed E-state index contributed by atoms with van der Waals surface area (Å²) in [4.78, 5) is 3.74. The van der Waals surface area contributed by atoms with Gasteiger partial charge < -0.3 is 15.2 Å². The number of anilines is 1. The zero-order valence-electron chi connectivity index (χ0n) is 20.3. The summed E-state index contributed by atoms with van der Waals surface area (Å²) < 4.78 is 44.7. The largest absolute Gasteiger partial charge is 0.494 e. The average molecular weight is 538 g/mol. The molecule has 0 saturated heterocycles. The first kappa shape index (κ1) is 26.6. The molecule has 0 aliphatic rings. The molecule has 4 N–H and O–H groups in total. The predicted molar refractivity (Wildman–Crippen MR) is 140 cm³/mol. The molecule has 0 bridgehead atoms. The first-order chi connectivity index (χ1) is 18.2. The summed E-state index contributed by atoms with van der Waals surface area (Å²) in [6.45, 7) is 0.00406. The van der Waals surface area contributed by atoms with Crippen LogP contribution in [0.1, 0.15) is 5.56 Å². The number of ether oxygens (including phenoxy) is 2. The third-order valence-corrected chi connectivity index (χ3v) is 6.26. The Morgan fingerprint density at radius 3 is 2.08 bits per heavy atom. The molecule has 0 spiro atoms. The van der Waals surface area contributed by atoms with Crippen molar-refractivity contribution in [1.29, 1.82) is 0 Å². The number of hydrogen-bond donors (Lipinski definition) is 3. The van der Waals surface area contributed by atoms with Crippen molar-refractivity contribution in [3.63, 3.8) is 0 Å². The minimum absolute atomic E-state index is 0.00406. The summed E-state index contributed by atoms with van der Waals surface area (Å²) in [6.07, 6.45) is 0. The van der Waals surface area contributed by atoms with Crippen LogP contribution in [0.3, 0.4) is 0 Å². The van der Waals surface area contributed by atoms with Crippen molar-refractivity contribution in [2.45, 2.75) is 11.5 Å². The molecule has 0 saturated carbocycles. The van der Waals surface area contributed by atoms with Crippen LogP contribution in [0.25, 0.3) is 10.8 Å². The van der Waals surface area contributed by atoms with Crippen LogP contribution >= 0.6 is 0 Å². The van der Waals surface area contributed by atoms with E-state index in [1.807, 2.05) is 0 Å². The second-order valence-corrected chi connectivity index (χ2v) is 9.33. The number of azo groups is 2. The van der Waals surface area contributed by atoms with Crippen LogP contribution in [0.2, 0.25) is 0 Å². The Balaban J connectivity index is 1.73. The second-order valence-electron chi connectivity index (χ2n) is 7.94. The van der Waals surface area contributed by atoms with Crippen molar-refractivity contribution in [2.24, 2.45) is 20.5 Å². The molecule has 0 amide bonds. The highest BCUT2D eigenvalue weighted by Crippen LogP contribution is 2.41. The SMILES string of the molecule is COc1cc(N=Nc2cc3cc(N)ccc3cc2S(=O)(=O)O)c(OC)cc1N=Nc1cccc(COO)c1. The Bertz CT molecular complexity index is 1660. The van der Waals surface area contributed by atoms with Gasteiger partial charge in [0.05, 0.1) is 19.9 Å². The fourth-order valence-corrected chi connectivity index (χ4v) is 4.23. The van der Waals surface area contributed by atoms with E-state index in [1.165, 1.54) is 38.5 Å². The van der Waals surface area contributed by atoms with Gasteiger partial charge in [-0.25, -0.2) is 4.89 Å². The molecule has 4 rings (SSSR count). The molecule has 4 aromatic carbocycles. The quantitative estimate of drug-likeness (QED) is 0.0711. The minimum atomic E-state index is -4.61. The lowest BCUT2D eigenvalue weighted by atomic mass is 10.1. The molecule has 0 unspecified atom stereocenters. The number of nitrogens with zero attached hydrogens (tertiary/aromatic N) is 4. The lowest BCUT2D eigenvalue weighted by Crippen LogP contribution is -1.98. The first-order valence-corrected chi connectivity index (χ1v) is 12.4. The van der Waals surface area contributed by atoms with Gasteiger partial charge in [0.15, 0.2) is 0 Å². The van der Waals surface area contributed by atoms with Gasteiger partial charge in [0.25, 0.3) is 10.1 Å². The molecule has 0 heterocycles. The third-order valence-electron chi connectivity index (χ3n) is 5.38. The van der Waals surface area contributed by atoms with E-state index in [0.29, 0.717) is 39.1 Å². The number of hydrogen-bond acceptors (Lipinski definition) is 11. The van der Waals surface area contributed by atoms with Crippen LogP contribution in [0.5, 0.6) is 11.5 Å². The fraction of sp³-hybridized carbons (Fsp3) is 0.120. The normalized spacial score (nSPS) is 12.0. The first-order valence-electron chi connectivity index (χ1n) is 11.0. The number of nitrogen functional groups attached to an aromatic ring is 1. The zero-order valence-corrected chi connectivity index (χ0v) is 21.1. The number of nitrogens with two attached hydrogens (primary N) is 1. The fourth-order valence-electron chi connectivity index (χ4n) is 3.59. The van der Waals surface area contributed by atoms with Gasteiger partial charge in [-0.2, -0.15) is 13.5 Å². The number of rotatable bonds is 9. The summed E-state index contributed by atoms with van der Waals surface area (Å²) in [7, 11) is -1.75. The Hall–Kier alpha value is -4.43. The topological polar surface area (TPSA) is 178 Å². The van der Waals surface area contributed by atoms with Crippen molar-refractivity contribution in [2.75, 3.05) is 20.0 Å². The van der Waals surface area contributed by atoms with Gasteiger partial charge >= 0.3 is 0 Å². The van der Waals surface area contributed by atoms with E-state index in [-0.39, 0.29) is 23.7 Å². The summed E-state index contributed by atoms with van der Waals surface area (Å²) >= 11 is 0. The molecule has 4 aromatic rings. The molecule has 38 heavy (non-hydrogen) atoms. The van der Waals surface area contributed by atoms with E-state index in [4.69, 9.17) is 20.5 Å². The van der Waals surface area contributed by atoms with Crippen LogP contribution in [0, 0.1) is 0 Å². The maximum absolute atomic E-state index is 12.0. The van der Waals surface area contributed by atoms with Crippen LogP contribution in [0.4, 0.5) is 28.4 Å². The van der Waals surface area contributed by atoms with Crippen LogP contribution in [-0.4, -0.2) is 32.4 Å². The highest BCUT2D eigenvalue weighted by atomic mass is 32.2. The van der Waals surface area contributed by atoms with Crippen molar-refractivity contribution in [3.8, 4) is 11.5 Å². The summed E-state index contributed by atoms with van der Waals surface area (Å²) in [6, 6.07) is 17.6. The van der Waals surface area contributed by atoms with Crippen molar-refractivity contribution in [3.05, 3.63) is 72.3 Å². The molecule has 12 nitrogen and oxygen atoms in total. The van der Waals surface area contributed by atoms with E-state index in [0.717, 1.165) is 0 Å². The maximum atomic E-state index is 12.0. The van der Waals surface area contributed by atoms with Crippen molar-refractivity contribution in [1.82, 2.24) is 0 Å². The van der Waals surface area contributed by atoms with E-state index in [2.05, 4.69) is 25.3 Å². The smallest absolute Gasteiger partial charge is 0.296 e. The number of fused-ring (bicyclic) bond motifs is 1. The van der Waals surface area contributed by atoms with Gasteiger partial charge in [-0.05, 0) is 52.7 Å². The van der Waals surface area contributed by atoms with Gasteiger partial charge in [-0.1, -0.05) is 18.2 Å². The molecule has 0 aliphatic heterocycles. The lowest BCUT2D eigenvalue weighted by Gasteiger charge is -2.10. The molecule has 13 heteroatoms. The van der Waals surface area contributed by atoms with E-state index in [1.54, 1.807) is 42.5 Å². The van der Waals surface area contributed by atoms with Crippen LogP contribution < -0.4 is 15.2 Å². The Morgan fingerprint density at radius 2 is 1.45 bits per heavy atom. The lowest BCUT2D eigenvalue weighted by molar-refractivity contribution is -0.253. The summed E-state index contributed by atoms with van der Waals surface area (Å²) in [5.74, 6) is 0.545. The Kier molecular flexibility index (Phi) is 7.93. The van der Waals surface area contributed by atoms with Gasteiger partial charge in [-0.15, -0.1) is 15.3 Å². The van der Waals surface area contributed by atoms with Gasteiger partial charge in [0.1, 0.15) is 40.1 Å². The van der Waals surface area contributed by atoms with Crippen molar-refractivity contribution >= 4 is 49.3 Å². The zero-order chi connectivity index (χ0) is 27.3. The van der Waals surface area contributed by atoms with E-state index in [9.17, 15) is 13.0 Å².